The molecule has 1 N–H and O–H groups in total. The number of fused-ring (bicyclic) bond motifs is 2. The Morgan fingerprint density at radius 2 is 2.04 bits per heavy atom. The molecule has 0 spiro atoms. The number of amides is 1. The predicted octanol–water partition coefficient (Wildman–Crippen LogP) is 2.11. The number of rotatable bonds is 4. The highest BCUT2D eigenvalue weighted by Gasteiger charge is 2.29. The molecular weight excluding hydrogens is 426 g/mol. The zero-order chi connectivity index (χ0) is 19.3. The quantitative estimate of drug-likeness (QED) is 0.521. The Balaban J connectivity index is 1.47. The van der Waals surface area contributed by atoms with Gasteiger partial charge in [-0.15, -0.1) is 15.3 Å². The summed E-state index contributed by atoms with van der Waals surface area (Å²) in [5.41, 5.74) is 1.16. The second-order valence-electron chi connectivity index (χ2n) is 6.71. The highest BCUT2D eigenvalue weighted by Crippen LogP contribution is 2.41. The molecule has 0 saturated heterocycles. The first kappa shape index (κ1) is 17.0. The van der Waals surface area contributed by atoms with E-state index in [2.05, 4.69) is 41.6 Å². The van der Waals surface area contributed by atoms with Gasteiger partial charge in [-0.25, -0.2) is 4.68 Å². The van der Waals surface area contributed by atoms with Gasteiger partial charge >= 0.3 is 0 Å². The Kier molecular flexibility index (Phi) is 3.93. The van der Waals surface area contributed by atoms with Gasteiger partial charge in [0.1, 0.15) is 12.9 Å². The summed E-state index contributed by atoms with van der Waals surface area (Å²) in [5.74, 6) is 0.301. The summed E-state index contributed by atoms with van der Waals surface area (Å²) in [4.78, 5) is 25.3. The summed E-state index contributed by atoms with van der Waals surface area (Å²) < 4.78 is 3.59. The van der Waals surface area contributed by atoms with Crippen molar-refractivity contribution in [2.24, 2.45) is 0 Å². The van der Waals surface area contributed by atoms with Crippen molar-refractivity contribution in [1.82, 2.24) is 29.6 Å². The lowest BCUT2D eigenvalue weighted by Crippen LogP contribution is -2.31. The first-order valence-corrected chi connectivity index (χ1v) is 9.55. The van der Waals surface area contributed by atoms with Crippen LogP contribution in [-0.2, 0) is 11.3 Å². The molecule has 1 fully saturated rings. The molecule has 0 unspecified atom stereocenters. The van der Waals surface area contributed by atoms with Crippen LogP contribution in [0.25, 0.3) is 16.4 Å². The Hall–Kier alpha value is -3.14. The Morgan fingerprint density at radius 3 is 2.86 bits per heavy atom. The molecule has 3 aromatic heterocycles. The summed E-state index contributed by atoms with van der Waals surface area (Å²) in [6.45, 7) is -0.188. The average molecular weight is 440 g/mol. The summed E-state index contributed by atoms with van der Waals surface area (Å²) >= 11 is 3.45. The molecule has 0 aliphatic heterocycles. The first-order valence-electron chi connectivity index (χ1n) is 8.76. The largest absolute Gasteiger partial charge is 0.308 e. The van der Waals surface area contributed by atoms with Crippen molar-refractivity contribution in [3.8, 4) is 0 Å². The summed E-state index contributed by atoms with van der Waals surface area (Å²) in [6, 6.07) is 8.83. The SMILES string of the molecule is O=C(Cn1nc(C2CC2)c2cc(Br)ccc2c1=O)Nc1ccc2nncn2n1. The number of carbonyl (C=O) groups is 1. The van der Waals surface area contributed by atoms with E-state index in [1.54, 1.807) is 18.2 Å². The average Bonchev–Trinajstić information content (AvgIpc) is 3.41. The van der Waals surface area contributed by atoms with Gasteiger partial charge in [0.25, 0.3) is 5.56 Å². The summed E-state index contributed by atoms with van der Waals surface area (Å²) in [5, 5.41) is 20.4. The highest BCUT2D eigenvalue weighted by molar-refractivity contribution is 9.10. The summed E-state index contributed by atoms with van der Waals surface area (Å²) in [7, 11) is 0. The third kappa shape index (κ3) is 3.05. The Labute approximate surface area is 166 Å². The zero-order valence-electron chi connectivity index (χ0n) is 14.5. The minimum atomic E-state index is -0.382. The molecule has 1 aromatic carbocycles. The van der Waals surface area contributed by atoms with Crippen molar-refractivity contribution in [2.75, 3.05) is 5.32 Å². The monoisotopic (exact) mass is 439 g/mol. The summed E-state index contributed by atoms with van der Waals surface area (Å²) in [6.07, 6.45) is 3.53. The number of hydrogen-bond donors (Lipinski definition) is 1. The fourth-order valence-electron chi connectivity index (χ4n) is 3.16. The minimum Gasteiger partial charge on any atom is -0.308 e. The second kappa shape index (κ2) is 6.48. The maximum Gasteiger partial charge on any atom is 0.275 e. The van der Waals surface area contributed by atoms with Gasteiger partial charge in [-0.1, -0.05) is 15.9 Å². The number of nitrogens with zero attached hydrogens (tertiary/aromatic N) is 6. The lowest BCUT2D eigenvalue weighted by molar-refractivity contribution is -0.117. The molecule has 28 heavy (non-hydrogen) atoms. The maximum absolute atomic E-state index is 12.8. The number of benzene rings is 1. The number of anilines is 1. The van der Waals surface area contributed by atoms with Crippen LogP contribution in [0.5, 0.6) is 0 Å². The van der Waals surface area contributed by atoms with Crippen molar-refractivity contribution >= 4 is 44.1 Å². The standard InChI is InChI=1S/C18H14BrN7O2/c19-11-3-4-12-13(7-11)17(10-1-2-10)24-25(18(12)28)8-16(27)21-14-5-6-15-22-20-9-26(15)23-14/h3-7,9-10H,1-2,8H2,(H,21,23,27). The number of hydrogen-bond acceptors (Lipinski definition) is 6. The van der Waals surface area contributed by atoms with Crippen LogP contribution >= 0.6 is 15.9 Å². The molecule has 1 saturated carbocycles. The van der Waals surface area contributed by atoms with Crippen LogP contribution in [0.1, 0.15) is 24.5 Å². The van der Waals surface area contributed by atoms with E-state index in [4.69, 9.17) is 0 Å². The van der Waals surface area contributed by atoms with Gasteiger partial charge in [0.15, 0.2) is 11.5 Å². The van der Waals surface area contributed by atoms with Gasteiger partial charge in [-0.05, 0) is 43.2 Å². The molecule has 9 nitrogen and oxygen atoms in total. The van der Waals surface area contributed by atoms with Crippen molar-refractivity contribution in [2.45, 2.75) is 25.3 Å². The van der Waals surface area contributed by atoms with Crippen molar-refractivity contribution in [3.63, 3.8) is 0 Å². The maximum atomic E-state index is 12.8. The van der Waals surface area contributed by atoms with Crippen LogP contribution in [-0.4, -0.2) is 35.5 Å². The number of halogens is 1. The van der Waals surface area contributed by atoms with E-state index in [0.29, 0.717) is 22.8 Å². The van der Waals surface area contributed by atoms with Gasteiger partial charge in [-0.3, -0.25) is 9.59 Å². The third-order valence-electron chi connectivity index (χ3n) is 4.64. The van der Waals surface area contributed by atoms with Gasteiger partial charge in [0, 0.05) is 15.8 Å². The van der Waals surface area contributed by atoms with Crippen LogP contribution in [0.4, 0.5) is 5.82 Å². The van der Waals surface area contributed by atoms with E-state index in [0.717, 1.165) is 28.4 Å². The lowest BCUT2D eigenvalue weighted by Gasteiger charge is -2.11. The van der Waals surface area contributed by atoms with Crippen LogP contribution < -0.4 is 10.9 Å². The Bertz CT molecular complexity index is 1290. The molecule has 1 amide bonds. The molecule has 4 aromatic rings. The minimum absolute atomic E-state index is 0.188. The molecule has 10 heteroatoms. The molecule has 5 rings (SSSR count). The van der Waals surface area contributed by atoms with Crippen LogP contribution in [0.15, 0.2) is 45.9 Å². The molecule has 0 atom stereocenters. The second-order valence-corrected chi connectivity index (χ2v) is 7.63. The lowest BCUT2D eigenvalue weighted by atomic mass is 10.1. The molecule has 0 radical (unpaired) electrons. The fourth-order valence-corrected chi connectivity index (χ4v) is 3.52. The van der Waals surface area contributed by atoms with Crippen LogP contribution in [0.3, 0.4) is 0 Å². The third-order valence-corrected chi connectivity index (χ3v) is 5.13. The van der Waals surface area contributed by atoms with Crippen LogP contribution in [0.2, 0.25) is 0 Å². The Morgan fingerprint density at radius 1 is 1.18 bits per heavy atom. The molecule has 1 aliphatic carbocycles. The van der Waals surface area contributed by atoms with E-state index in [1.165, 1.54) is 15.5 Å². The molecular formula is C18H14BrN7O2. The van der Waals surface area contributed by atoms with Crippen molar-refractivity contribution in [1.29, 1.82) is 0 Å². The number of carbonyl (C=O) groups excluding carboxylic acids is 1. The highest BCUT2D eigenvalue weighted by atomic mass is 79.9. The first-order chi connectivity index (χ1) is 13.6. The van der Waals surface area contributed by atoms with Gasteiger partial charge < -0.3 is 5.32 Å². The van der Waals surface area contributed by atoms with Gasteiger partial charge in [-0.2, -0.15) is 9.61 Å². The van der Waals surface area contributed by atoms with Gasteiger partial charge in [0.2, 0.25) is 5.91 Å². The predicted molar refractivity (Wildman–Crippen MR) is 105 cm³/mol. The zero-order valence-corrected chi connectivity index (χ0v) is 16.1. The number of nitrogens with one attached hydrogen (secondary N) is 1. The molecule has 0 bridgehead atoms. The molecule has 3 heterocycles. The molecule has 1 aliphatic rings. The van der Waals surface area contributed by atoms with E-state index in [1.807, 2.05) is 12.1 Å². The molecule has 140 valence electrons. The van der Waals surface area contributed by atoms with E-state index in [-0.39, 0.29) is 18.0 Å². The number of aromatic nitrogens is 6. The smallest absolute Gasteiger partial charge is 0.275 e. The van der Waals surface area contributed by atoms with Gasteiger partial charge in [0.05, 0.1) is 11.1 Å². The van der Waals surface area contributed by atoms with Crippen molar-refractivity contribution < 1.29 is 4.79 Å². The van der Waals surface area contributed by atoms with Crippen molar-refractivity contribution in [3.05, 3.63) is 57.2 Å². The van der Waals surface area contributed by atoms with Crippen LogP contribution in [0, 0.1) is 0 Å². The normalized spacial score (nSPS) is 13.9. The van der Waals surface area contributed by atoms with E-state index >= 15 is 0 Å². The fraction of sp³-hybridized carbons (Fsp3) is 0.222. The van der Waals surface area contributed by atoms with E-state index in [9.17, 15) is 9.59 Å². The topological polar surface area (TPSA) is 107 Å². The van der Waals surface area contributed by atoms with E-state index < -0.39 is 0 Å².